The second-order valence-corrected chi connectivity index (χ2v) is 6.40. The summed E-state index contributed by atoms with van der Waals surface area (Å²) in [6.07, 6.45) is 1.89. The Balaban J connectivity index is 1.98. The van der Waals surface area contributed by atoms with Crippen LogP contribution in [0.3, 0.4) is 0 Å². The van der Waals surface area contributed by atoms with Crippen LogP contribution in [-0.4, -0.2) is 9.38 Å². The van der Waals surface area contributed by atoms with Gasteiger partial charge in [-0.05, 0) is 30.3 Å². The van der Waals surface area contributed by atoms with E-state index in [-0.39, 0.29) is 5.82 Å². The summed E-state index contributed by atoms with van der Waals surface area (Å²) in [6.45, 7) is 0. The molecule has 0 atom stereocenters. The van der Waals surface area contributed by atoms with E-state index >= 15 is 0 Å². The third-order valence-corrected chi connectivity index (χ3v) is 4.72. The number of fused-ring (bicyclic) bond motifs is 3. The van der Waals surface area contributed by atoms with Gasteiger partial charge < -0.3 is 0 Å². The molecule has 2 nitrogen and oxygen atoms in total. The Labute approximate surface area is 126 Å². The fourth-order valence-electron chi connectivity index (χ4n) is 2.27. The average Bonchev–Trinajstić information content (AvgIpc) is 2.96. The third kappa shape index (κ3) is 1.77. The van der Waals surface area contributed by atoms with E-state index in [2.05, 4.69) is 27.0 Å². The molecule has 0 fully saturated rings. The topological polar surface area (TPSA) is 17.3 Å². The second-order valence-electron chi connectivity index (χ2n) is 4.47. The highest BCUT2D eigenvalue weighted by atomic mass is 79.9. The van der Waals surface area contributed by atoms with E-state index in [0.717, 1.165) is 19.7 Å². The maximum absolute atomic E-state index is 13.8. The molecule has 0 spiro atoms. The average molecular weight is 347 g/mol. The van der Waals surface area contributed by atoms with Crippen molar-refractivity contribution in [1.29, 1.82) is 0 Å². The summed E-state index contributed by atoms with van der Waals surface area (Å²) in [4.78, 5) is 5.41. The maximum Gasteiger partial charge on any atom is 0.195 e. The molecule has 0 unspecified atom stereocenters. The Morgan fingerprint density at radius 3 is 2.85 bits per heavy atom. The van der Waals surface area contributed by atoms with Crippen molar-refractivity contribution < 1.29 is 4.39 Å². The number of aromatic nitrogens is 2. The molecule has 0 saturated carbocycles. The van der Waals surface area contributed by atoms with Crippen molar-refractivity contribution in [3.05, 3.63) is 59.0 Å². The molecule has 20 heavy (non-hydrogen) atoms. The van der Waals surface area contributed by atoms with E-state index in [9.17, 15) is 4.39 Å². The van der Waals surface area contributed by atoms with Crippen LogP contribution in [0.4, 0.5) is 4.39 Å². The highest BCUT2D eigenvalue weighted by molar-refractivity contribution is 9.10. The van der Waals surface area contributed by atoms with Gasteiger partial charge >= 0.3 is 0 Å². The molecular formula is C15H8BrFN2S. The number of rotatable bonds is 1. The molecular weight excluding hydrogens is 339 g/mol. The molecule has 4 aromatic rings. The van der Waals surface area contributed by atoms with Crippen molar-refractivity contribution >= 4 is 42.4 Å². The zero-order valence-corrected chi connectivity index (χ0v) is 12.6. The van der Waals surface area contributed by atoms with Crippen molar-refractivity contribution in [3.63, 3.8) is 0 Å². The van der Waals surface area contributed by atoms with E-state index in [0.29, 0.717) is 11.3 Å². The van der Waals surface area contributed by atoms with Crippen molar-refractivity contribution in [2.45, 2.75) is 0 Å². The van der Waals surface area contributed by atoms with Gasteiger partial charge in [0, 0.05) is 16.2 Å². The predicted octanol–water partition coefficient (Wildman–Crippen LogP) is 5.12. The molecule has 0 radical (unpaired) electrons. The van der Waals surface area contributed by atoms with Gasteiger partial charge in [-0.2, -0.15) is 0 Å². The molecule has 4 rings (SSSR count). The lowest BCUT2D eigenvalue weighted by atomic mass is 10.1. The molecule has 0 bridgehead atoms. The summed E-state index contributed by atoms with van der Waals surface area (Å²) in [5.74, 6) is -0.245. The molecule has 0 aliphatic carbocycles. The summed E-state index contributed by atoms with van der Waals surface area (Å²) in [6, 6.07) is 12.8. The molecule has 5 heteroatoms. The Kier molecular flexibility index (Phi) is 2.65. The van der Waals surface area contributed by atoms with Crippen molar-refractivity contribution in [3.8, 4) is 11.3 Å². The van der Waals surface area contributed by atoms with E-state index in [1.807, 2.05) is 28.8 Å². The normalized spacial score (nSPS) is 11.5. The van der Waals surface area contributed by atoms with E-state index in [4.69, 9.17) is 0 Å². The summed E-state index contributed by atoms with van der Waals surface area (Å²) in [5, 5.41) is 0. The predicted molar refractivity (Wildman–Crippen MR) is 83.7 cm³/mol. The molecule has 98 valence electrons. The monoisotopic (exact) mass is 346 g/mol. The first-order valence-electron chi connectivity index (χ1n) is 6.04. The molecule has 2 heterocycles. The minimum Gasteiger partial charge on any atom is -0.290 e. The highest BCUT2D eigenvalue weighted by Crippen LogP contribution is 2.31. The summed E-state index contributed by atoms with van der Waals surface area (Å²) >= 11 is 5.06. The summed E-state index contributed by atoms with van der Waals surface area (Å²) in [5.41, 5.74) is 2.29. The number of hydrogen-bond acceptors (Lipinski definition) is 2. The van der Waals surface area contributed by atoms with E-state index in [1.165, 1.54) is 6.07 Å². The third-order valence-electron chi connectivity index (χ3n) is 3.21. The van der Waals surface area contributed by atoms with Crippen LogP contribution in [0.25, 0.3) is 26.4 Å². The van der Waals surface area contributed by atoms with Gasteiger partial charge in [0.15, 0.2) is 4.96 Å². The van der Waals surface area contributed by atoms with Crippen LogP contribution < -0.4 is 0 Å². The van der Waals surface area contributed by atoms with E-state index < -0.39 is 0 Å². The zero-order valence-electron chi connectivity index (χ0n) is 10.2. The molecule has 0 saturated heterocycles. The Hall–Kier alpha value is -1.72. The van der Waals surface area contributed by atoms with Crippen LogP contribution in [0, 0.1) is 5.82 Å². The number of benzene rings is 2. The first-order valence-corrected chi connectivity index (χ1v) is 7.65. The first-order chi connectivity index (χ1) is 9.72. The largest absolute Gasteiger partial charge is 0.290 e. The lowest BCUT2D eigenvalue weighted by Crippen LogP contribution is -1.83. The fraction of sp³-hybridized carbons (Fsp3) is 0. The number of halogens is 2. The van der Waals surface area contributed by atoms with Gasteiger partial charge in [0.05, 0.1) is 15.9 Å². The number of imidazole rings is 1. The molecule has 0 aliphatic heterocycles. The van der Waals surface area contributed by atoms with Gasteiger partial charge in [-0.3, -0.25) is 4.40 Å². The van der Waals surface area contributed by atoms with Crippen LogP contribution in [0.2, 0.25) is 0 Å². The fourth-order valence-corrected chi connectivity index (χ4v) is 3.83. The van der Waals surface area contributed by atoms with Crippen LogP contribution in [0.15, 0.2) is 53.1 Å². The van der Waals surface area contributed by atoms with Gasteiger partial charge in [0.25, 0.3) is 0 Å². The minimum atomic E-state index is -0.245. The highest BCUT2D eigenvalue weighted by Gasteiger charge is 2.12. The number of nitrogens with zero attached hydrogens (tertiary/aromatic N) is 2. The minimum absolute atomic E-state index is 0.245. The maximum atomic E-state index is 13.8. The smallest absolute Gasteiger partial charge is 0.195 e. The SMILES string of the molecule is Fc1ccccc1-c1cn2c(n1)sc1cc(Br)ccc12. The number of thiazole rings is 1. The number of hydrogen-bond donors (Lipinski definition) is 0. The first kappa shape index (κ1) is 12.1. The Morgan fingerprint density at radius 2 is 2.00 bits per heavy atom. The van der Waals surface area contributed by atoms with Crippen LogP contribution >= 0.6 is 27.3 Å². The molecule has 0 N–H and O–H groups in total. The van der Waals surface area contributed by atoms with Gasteiger partial charge in [0.1, 0.15) is 5.82 Å². The van der Waals surface area contributed by atoms with Gasteiger partial charge in [0.2, 0.25) is 0 Å². The van der Waals surface area contributed by atoms with E-state index in [1.54, 1.807) is 23.5 Å². The quantitative estimate of drug-likeness (QED) is 0.467. The lowest BCUT2D eigenvalue weighted by molar-refractivity contribution is 0.631. The Bertz CT molecular complexity index is 942. The van der Waals surface area contributed by atoms with Crippen LogP contribution in [0.5, 0.6) is 0 Å². The molecule has 0 aliphatic rings. The van der Waals surface area contributed by atoms with Crippen molar-refractivity contribution in [2.24, 2.45) is 0 Å². The molecule has 2 aromatic carbocycles. The lowest BCUT2D eigenvalue weighted by Gasteiger charge is -1.97. The Morgan fingerprint density at radius 1 is 1.15 bits per heavy atom. The van der Waals surface area contributed by atoms with Gasteiger partial charge in [-0.15, -0.1) is 0 Å². The molecule has 0 amide bonds. The molecule has 2 aromatic heterocycles. The summed E-state index contributed by atoms with van der Waals surface area (Å²) in [7, 11) is 0. The standard InChI is InChI=1S/C15H8BrFN2S/c16-9-5-6-13-14(7-9)20-15-18-12(8-19(13)15)10-3-1-2-4-11(10)17/h1-8H. The van der Waals surface area contributed by atoms with Crippen LogP contribution in [-0.2, 0) is 0 Å². The second kappa shape index (κ2) is 4.40. The zero-order chi connectivity index (χ0) is 13.7. The van der Waals surface area contributed by atoms with Crippen LogP contribution in [0.1, 0.15) is 0 Å². The van der Waals surface area contributed by atoms with Crippen molar-refractivity contribution in [2.75, 3.05) is 0 Å². The van der Waals surface area contributed by atoms with Crippen molar-refractivity contribution in [1.82, 2.24) is 9.38 Å². The van der Waals surface area contributed by atoms with Gasteiger partial charge in [-0.1, -0.05) is 39.4 Å². The van der Waals surface area contributed by atoms with Gasteiger partial charge in [-0.25, -0.2) is 9.37 Å². The summed E-state index contributed by atoms with van der Waals surface area (Å²) < 4.78 is 18.0.